The predicted molar refractivity (Wildman–Crippen MR) is 85.1 cm³/mol. The monoisotopic (exact) mass is 330 g/mol. The Morgan fingerprint density at radius 3 is 2.62 bits per heavy atom. The molecule has 2 atom stereocenters. The number of hydrogen-bond donors (Lipinski definition) is 1. The Bertz CT molecular complexity index is 500. The van der Waals surface area contributed by atoms with Crippen LogP contribution in [0.1, 0.15) is 33.1 Å². The Kier molecular flexibility index (Phi) is 5.59. The number of ether oxygens (including phenoxy) is 1. The van der Waals surface area contributed by atoms with Crippen LogP contribution in [0.15, 0.2) is 18.2 Å². The first-order valence-corrected chi connectivity index (χ1v) is 7.88. The second-order valence-corrected chi connectivity index (χ2v) is 6.23. The van der Waals surface area contributed by atoms with Crippen molar-refractivity contribution in [2.75, 3.05) is 6.73 Å². The van der Waals surface area contributed by atoms with Gasteiger partial charge in [0.1, 0.15) is 5.75 Å². The number of nitrogens with zero attached hydrogens (tertiary/aromatic N) is 1. The van der Waals surface area contributed by atoms with Crippen LogP contribution >= 0.6 is 23.2 Å². The van der Waals surface area contributed by atoms with Crippen LogP contribution in [0.4, 0.5) is 4.79 Å². The third-order valence-electron chi connectivity index (χ3n) is 3.77. The summed E-state index contributed by atoms with van der Waals surface area (Å²) in [4.78, 5) is 14.1. The number of nitrogens with one attached hydrogen (secondary N) is 1. The second-order valence-electron chi connectivity index (χ2n) is 5.38. The van der Waals surface area contributed by atoms with E-state index in [4.69, 9.17) is 27.9 Å². The first-order chi connectivity index (χ1) is 9.99. The number of halogens is 2. The molecular weight excluding hydrogens is 311 g/mol. The molecule has 1 aromatic rings. The Labute approximate surface area is 135 Å². The SMILES string of the molecule is CC1CCCC(C)N1C(=O)NCOc1ccc(Cl)cc1Cl. The molecule has 0 bridgehead atoms. The highest BCUT2D eigenvalue weighted by atomic mass is 35.5. The van der Waals surface area contributed by atoms with Gasteiger partial charge in [0.05, 0.1) is 5.02 Å². The Morgan fingerprint density at radius 2 is 2.00 bits per heavy atom. The number of amides is 2. The van der Waals surface area contributed by atoms with Crippen LogP contribution in [0.25, 0.3) is 0 Å². The summed E-state index contributed by atoms with van der Waals surface area (Å²) >= 11 is 11.8. The molecule has 2 unspecified atom stereocenters. The number of hydrogen-bond acceptors (Lipinski definition) is 2. The van der Waals surface area contributed by atoms with Crippen LogP contribution in [0.2, 0.25) is 10.0 Å². The fraction of sp³-hybridized carbons (Fsp3) is 0.533. The molecule has 0 spiro atoms. The van der Waals surface area contributed by atoms with Crippen molar-refractivity contribution in [1.29, 1.82) is 0 Å². The molecule has 1 N–H and O–H groups in total. The molecule has 1 aromatic carbocycles. The molecule has 0 saturated carbocycles. The van der Waals surface area contributed by atoms with Crippen LogP contribution in [0.3, 0.4) is 0 Å². The van der Waals surface area contributed by atoms with Crippen molar-refractivity contribution in [2.24, 2.45) is 0 Å². The van der Waals surface area contributed by atoms with Crippen LogP contribution in [-0.2, 0) is 0 Å². The maximum Gasteiger partial charge on any atom is 0.320 e. The van der Waals surface area contributed by atoms with Gasteiger partial charge in [0.25, 0.3) is 0 Å². The van der Waals surface area contributed by atoms with Crippen molar-refractivity contribution in [3.63, 3.8) is 0 Å². The first-order valence-electron chi connectivity index (χ1n) is 7.13. The van der Waals surface area contributed by atoms with Gasteiger partial charge in [-0.3, -0.25) is 0 Å². The molecule has 0 aliphatic carbocycles. The third kappa shape index (κ3) is 4.17. The molecule has 0 radical (unpaired) electrons. The van der Waals surface area contributed by atoms with Crippen LogP contribution in [-0.4, -0.2) is 29.7 Å². The Hall–Kier alpha value is -1.13. The van der Waals surface area contributed by atoms with Gasteiger partial charge >= 0.3 is 6.03 Å². The Morgan fingerprint density at radius 1 is 1.33 bits per heavy atom. The summed E-state index contributed by atoms with van der Waals surface area (Å²) in [5.74, 6) is 0.501. The lowest BCUT2D eigenvalue weighted by Crippen LogP contribution is -2.52. The molecule has 2 rings (SSSR count). The van der Waals surface area contributed by atoms with Crippen LogP contribution in [0.5, 0.6) is 5.75 Å². The maximum absolute atomic E-state index is 12.2. The largest absolute Gasteiger partial charge is 0.472 e. The zero-order valence-electron chi connectivity index (χ0n) is 12.2. The highest BCUT2D eigenvalue weighted by molar-refractivity contribution is 6.35. The number of rotatable bonds is 3. The normalized spacial score (nSPS) is 22.0. The lowest BCUT2D eigenvalue weighted by molar-refractivity contribution is 0.117. The van der Waals surface area contributed by atoms with Crippen LogP contribution < -0.4 is 10.1 Å². The summed E-state index contributed by atoms with van der Waals surface area (Å²) in [6, 6.07) is 5.40. The van der Waals surface area contributed by atoms with Gasteiger partial charge in [-0.2, -0.15) is 0 Å². The van der Waals surface area contributed by atoms with Gasteiger partial charge in [0.15, 0.2) is 6.73 Å². The second kappa shape index (κ2) is 7.23. The molecular formula is C15H20Cl2N2O2. The van der Waals surface area contributed by atoms with E-state index in [9.17, 15) is 4.79 Å². The minimum Gasteiger partial charge on any atom is -0.472 e. The van der Waals surface area contributed by atoms with E-state index < -0.39 is 0 Å². The lowest BCUT2D eigenvalue weighted by Gasteiger charge is -2.38. The molecule has 1 heterocycles. The number of likely N-dealkylation sites (tertiary alicyclic amines) is 1. The van der Waals surface area contributed by atoms with E-state index in [1.807, 2.05) is 4.90 Å². The first kappa shape index (κ1) is 16.2. The van der Waals surface area contributed by atoms with E-state index in [2.05, 4.69) is 19.2 Å². The van der Waals surface area contributed by atoms with Gasteiger partial charge in [-0.25, -0.2) is 4.79 Å². The summed E-state index contributed by atoms with van der Waals surface area (Å²) in [7, 11) is 0. The molecule has 0 aromatic heterocycles. The van der Waals surface area contributed by atoms with Gasteiger partial charge in [-0.1, -0.05) is 23.2 Å². The van der Waals surface area contributed by atoms with Gasteiger partial charge in [0, 0.05) is 17.1 Å². The smallest absolute Gasteiger partial charge is 0.320 e. The minimum absolute atomic E-state index is 0.0795. The van der Waals surface area contributed by atoms with E-state index in [1.54, 1.807) is 18.2 Å². The molecule has 6 heteroatoms. The van der Waals surface area contributed by atoms with Crippen molar-refractivity contribution in [1.82, 2.24) is 10.2 Å². The number of piperidine rings is 1. The highest BCUT2D eigenvalue weighted by Gasteiger charge is 2.28. The van der Waals surface area contributed by atoms with Crippen molar-refractivity contribution < 1.29 is 9.53 Å². The van der Waals surface area contributed by atoms with Gasteiger partial charge in [-0.05, 0) is 51.3 Å². The summed E-state index contributed by atoms with van der Waals surface area (Å²) in [6.07, 6.45) is 3.26. The summed E-state index contributed by atoms with van der Waals surface area (Å²) in [5.41, 5.74) is 0. The highest BCUT2D eigenvalue weighted by Crippen LogP contribution is 2.27. The zero-order valence-corrected chi connectivity index (χ0v) is 13.7. The van der Waals surface area contributed by atoms with E-state index in [-0.39, 0.29) is 24.8 Å². The van der Waals surface area contributed by atoms with Crippen molar-refractivity contribution in [3.05, 3.63) is 28.2 Å². The average Bonchev–Trinajstić information content (AvgIpc) is 2.41. The lowest BCUT2D eigenvalue weighted by atomic mass is 9.98. The number of urea groups is 1. The standard InChI is InChI=1S/C15H20Cl2N2O2/c1-10-4-3-5-11(2)19(10)15(20)18-9-21-14-7-6-12(16)8-13(14)17/h6-8,10-11H,3-5,9H2,1-2H3,(H,18,20). The van der Waals surface area contributed by atoms with E-state index in [0.717, 1.165) is 12.8 Å². The fourth-order valence-corrected chi connectivity index (χ4v) is 3.14. The molecule has 1 fully saturated rings. The van der Waals surface area contributed by atoms with E-state index in [1.165, 1.54) is 6.42 Å². The average molecular weight is 331 g/mol. The maximum atomic E-state index is 12.2. The summed E-state index contributed by atoms with van der Waals surface area (Å²) < 4.78 is 5.47. The van der Waals surface area contributed by atoms with Crippen molar-refractivity contribution in [2.45, 2.75) is 45.2 Å². The quantitative estimate of drug-likeness (QED) is 0.839. The molecule has 2 amide bonds. The Balaban J connectivity index is 1.86. The van der Waals surface area contributed by atoms with Crippen molar-refractivity contribution in [3.8, 4) is 5.75 Å². The van der Waals surface area contributed by atoms with Crippen LogP contribution in [0, 0.1) is 0 Å². The molecule has 1 aliphatic rings. The van der Waals surface area contributed by atoms with Crippen molar-refractivity contribution >= 4 is 29.2 Å². The molecule has 1 saturated heterocycles. The predicted octanol–water partition coefficient (Wildman–Crippen LogP) is 4.30. The topological polar surface area (TPSA) is 41.6 Å². The van der Waals surface area contributed by atoms with E-state index >= 15 is 0 Å². The van der Waals surface area contributed by atoms with Gasteiger partial charge in [0.2, 0.25) is 0 Å². The molecule has 1 aliphatic heterocycles. The zero-order chi connectivity index (χ0) is 15.4. The molecule has 21 heavy (non-hydrogen) atoms. The number of carbonyl (C=O) groups excluding carboxylic acids is 1. The van der Waals surface area contributed by atoms with Gasteiger partial charge < -0.3 is 15.0 Å². The molecule has 116 valence electrons. The minimum atomic E-state index is -0.0974. The summed E-state index contributed by atoms with van der Waals surface area (Å²) in [5, 5.41) is 3.75. The molecule has 4 nitrogen and oxygen atoms in total. The van der Waals surface area contributed by atoms with E-state index in [0.29, 0.717) is 15.8 Å². The number of carbonyl (C=O) groups is 1. The summed E-state index contributed by atoms with van der Waals surface area (Å²) in [6.45, 7) is 4.23. The van der Waals surface area contributed by atoms with Gasteiger partial charge in [-0.15, -0.1) is 0 Å². The fourth-order valence-electron chi connectivity index (χ4n) is 2.68. The third-order valence-corrected chi connectivity index (χ3v) is 4.30. The number of benzene rings is 1.